The van der Waals surface area contributed by atoms with Gasteiger partial charge in [0.2, 0.25) is 0 Å². The molecule has 0 amide bonds. The first-order chi connectivity index (χ1) is 8.10. The third kappa shape index (κ3) is 4.01. The topological polar surface area (TPSA) is 26.0 Å². The molecule has 2 heteroatoms. The van der Waals surface area contributed by atoms with E-state index in [4.69, 9.17) is 17.3 Å². The van der Waals surface area contributed by atoms with Crippen LogP contribution in [0.2, 0.25) is 5.02 Å². The lowest BCUT2D eigenvalue weighted by Crippen LogP contribution is -2.05. The van der Waals surface area contributed by atoms with Crippen LogP contribution in [0.1, 0.15) is 55.2 Å². The van der Waals surface area contributed by atoms with Crippen LogP contribution in [0.5, 0.6) is 0 Å². The molecule has 1 unspecified atom stereocenters. The van der Waals surface area contributed by atoms with Crippen molar-refractivity contribution in [2.24, 2.45) is 5.73 Å². The van der Waals surface area contributed by atoms with Gasteiger partial charge in [-0.05, 0) is 68.3 Å². The summed E-state index contributed by atoms with van der Waals surface area (Å²) in [6.07, 6.45) is 4.61. The molecule has 1 nitrogen and oxygen atoms in total. The minimum absolute atomic E-state index is 0.565. The number of nitrogens with two attached hydrogens (primary N) is 1. The highest BCUT2D eigenvalue weighted by Gasteiger charge is 2.14. The molecule has 0 aliphatic heterocycles. The van der Waals surface area contributed by atoms with Gasteiger partial charge >= 0.3 is 0 Å². The molecular formula is C15H24ClN. The lowest BCUT2D eigenvalue weighted by Gasteiger charge is -2.19. The van der Waals surface area contributed by atoms with Gasteiger partial charge in [-0.1, -0.05) is 31.0 Å². The predicted octanol–water partition coefficient (Wildman–Crippen LogP) is 4.58. The molecule has 96 valence electrons. The van der Waals surface area contributed by atoms with Crippen LogP contribution in [-0.4, -0.2) is 6.54 Å². The Bertz CT molecular complexity index is 360. The molecule has 2 N–H and O–H groups in total. The van der Waals surface area contributed by atoms with E-state index in [0.29, 0.717) is 5.92 Å². The Labute approximate surface area is 110 Å². The SMILES string of the molecule is CCCC(CCCN)c1cc(C)c(C)cc1Cl. The maximum absolute atomic E-state index is 6.38. The Kier molecular flexibility index (Phi) is 6.01. The van der Waals surface area contributed by atoms with Crippen LogP contribution in [0.4, 0.5) is 0 Å². The monoisotopic (exact) mass is 253 g/mol. The Morgan fingerprint density at radius 3 is 2.41 bits per heavy atom. The van der Waals surface area contributed by atoms with Crippen LogP contribution >= 0.6 is 11.6 Å². The van der Waals surface area contributed by atoms with Gasteiger partial charge in [0.05, 0.1) is 0 Å². The second kappa shape index (κ2) is 7.03. The van der Waals surface area contributed by atoms with E-state index in [-0.39, 0.29) is 0 Å². The Morgan fingerprint density at radius 1 is 1.18 bits per heavy atom. The summed E-state index contributed by atoms with van der Waals surface area (Å²) in [6.45, 7) is 7.26. The molecule has 0 saturated carbocycles. The van der Waals surface area contributed by atoms with E-state index in [2.05, 4.69) is 32.9 Å². The van der Waals surface area contributed by atoms with Gasteiger partial charge < -0.3 is 5.73 Å². The van der Waals surface area contributed by atoms with Gasteiger partial charge in [-0.3, -0.25) is 0 Å². The number of aryl methyl sites for hydroxylation is 2. The van der Waals surface area contributed by atoms with E-state index < -0.39 is 0 Å². The fourth-order valence-corrected chi connectivity index (χ4v) is 2.66. The molecule has 1 aromatic rings. The van der Waals surface area contributed by atoms with E-state index in [1.165, 1.54) is 29.5 Å². The highest BCUT2D eigenvalue weighted by Crippen LogP contribution is 2.33. The zero-order valence-electron chi connectivity index (χ0n) is 11.2. The van der Waals surface area contributed by atoms with E-state index in [1.807, 2.05) is 0 Å². The lowest BCUT2D eigenvalue weighted by atomic mass is 9.88. The summed E-state index contributed by atoms with van der Waals surface area (Å²) in [5.41, 5.74) is 9.52. The largest absolute Gasteiger partial charge is 0.330 e. The molecule has 1 rings (SSSR count). The van der Waals surface area contributed by atoms with E-state index >= 15 is 0 Å². The summed E-state index contributed by atoms with van der Waals surface area (Å²) in [4.78, 5) is 0. The summed E-state index contributed by atoms with van der Waals surface area (Å²) in [5, 5.41) is 0.920. The average molecular weight is 254 g/mol. The van der Waals surface area contributed by atoms with Gasteiger partial charge in [0.1, 0.15) is 0 Å². The second-order valence-corrected chi connectivity index (χ2v) is 5.28. The smallest absolute Gasteiger partial charge is 0.0443 e. The van der Waals surface area contributed by atoms with Gasteiger partial charge in [-0.2, -0.15) is 0 Å². The molecule has 0 spiro atoms. The highest BCUT2D eigenvalue weighted by atomic mass is 35.5. The zero-order chi connectivity index (χ0) is 12.8. The molecule has 17 heavy (non-hydrogen) atoms. The van der Waals surface area contributed by atoms with Gasteiger partial charge in [0.15, 0.2) is 0 Å². The van der Waals surface area contributed by atoms with Gasteiger partial charge in [0, 0.05) is 5.02 Å². The quantitative estimate of drug-likeness (QED) is 0.789. The second-order valence-electron chi connectivity index (χ2n) is 4.87. The van der Waals surface area contributed by atoms with Crippen LogP contribution in [-0.2, 0) is 0 Å². The molecule has 0 bridgehead atoms. The van der Waals surface area contributed by atoms with Gasteiger partial charge in [-0.15, -0.1) is 0 Å². The van der Waals surface area contributed by atoms with Crippen molar-refractivity contribution in [2.75, 3.05) is 6.54 Å². The Hall–Kier alpha value is -0.530. The summed E-state index contributed by atoms with van der Waals surface area (Å²) in [7, 11) is 0. The van der Waals surface area contributed by atoms with Crippen molar-refractivity contribution < 1.29 is 0 Å². The van der Waals surface area contributed by atoms with E-state index in [9.17, 15) is 0 Å². The maximum Gasteiger partial charge on any atom is 0.0443 e. The predicted molar refractivity (Wildman–Crippen MR) is 76.9 cm³/mol. The number of hydrogen-bond donors (Lipinski definition) is 1. The molecule has 0 aliphatic rings. The molecule has 0 fully saturated rings. The highest BCUT2D eigenvalue weighted by molar-refractivity contribution is 6.31. The van der Waals surface area contributed by atoms with Crippen LogP contribution in [0, 0.1) is 13.8 Å². The summed E-state index contributed by atoms with van der Waals surface area (Å²) >= 11 is 6.38. The third-order valence-electron chi connectivity index (χ3n) is 3.45. The number of benzene rings is 1. The van der Waals surface area contributed by atoms with Crippen molar-refractivity contribution in [3.8, 4) is 0 Å². The van der Waals surface area contributed by atoms with Crippen molar-refractivity contribution in [1.29, 1.82) is 0 Å². The fourth-order valence-electron chi connectivity index (χ4n) is 2.28. The Balaban J connectivity index is 2.96. The maximum atomic E-state index is 6.38. The molecule has 0 heterocycles. The molecule has 0 radical (unpaired) electrons. The van der Waals surface area contributed by atoms with Crippen molar-refractivity contribution in [1.82, 2.24) is 0 Å². The summed E-state index contributed by atoms with van der Waals surface area (Å²) in [6, 6.07) is 4.35. The molecule has 0 aliphatic carbocycles. The zero-order valence-corrected chi connectivity index (χ0v) is 12.0. The lowest BCUT2D eigenvalue weighted by molar-refractivity contribution is 0.550. The summed E-state index contributed by atoms with van der Waals surface area (Å²) < 4.78 is 0. The van der Waals surface area contributed by atoms with Crippen LogP contribution in [0.15, 0.2) is 12.1 Å². The molecule has 1 aromatic carbocycles. The van der Waals surface area contributed by atoms with Crippen LogP contribution in [0.3, 0.4) is 0 Å². The van der Waals surface area contributed by atoms with Crippen molar-refractivity contribution in [2.45, 2.75) is 52.4 Å². The number of hydrogen-bond acceptors (Lipinski definition) is 1. The van der Waals surface area contributed by atoms with Crippen LogP contribution < -0.4 is 5.73 Å². The van der Waals surface area contributed by atoms with Crippen LogP contribution in [0.25, 0.3) is 0 Å². The first-order valence-corrected chi connectivity index (χ1v) is 6.94. The normalized spacial score (nSPS) is 12.8. The van der Waals surface area contributed by atoms with Gasteiger partial charge in [-0.25, -0.2) is 0 Å². The standard InChI is InChI=1S/C15H24ClN/c1-4-6-13(7-5-8-17)14-9-11(2)12(3)10-15(14)16/h9-10,13H,4-8,17H2,1-3H3. The minimum Gasteiger partial charge on any atom is -0.330 e. The fraction of sp³-hybridized carbons (Fsp3) is 0.600. The molecular weight excluding hydrogens is 230 g/mol. The summed E-state index contributed by atoms with van der Waals surface area (Å²) in [5.74, 6) is 0.565. The first-order valence-electron chi connectivity index (χ1n) is 6.56. The van der Waals surface area contributed by atoms with Crippen molar-refractivity contribution >= 4 is 11.6 Å². The van der Waals surface area contributed by atoms with Gasteiger partial charge in [0.25, 0.3) is 0 Å². The average Bonchev–Trinajstić information content (AvgIpc) is 2.29. The molecule has 1 atom stereocenters. The Morgan fingerprint density at radius 2 is 1.82 bits per heavy atom. The van der Waals surface area contributed by atoms with E-state index in [0.717, 1.165) is 24.4 Å². The molecule has 0 saturated heterocycles. The number of halogens is 1. The van der Waals surface area contributed by atoms with Crippen molar-refractivity contribution in [3.63, 3.8) is 0 Å². The third-order valence-corrected chi connectivity index (χ3v) is 3.77. The molecule has 0 aromatic heterocycles. The van der Waals surface area contributed by atoms with Crippen molar-refractivity contribution in [3.05, 3.63) is 33.8 Å². The van der Waals surface area contributed by atoms with E-state index in [1.54, 1.807) is 0 Å². The first kappa shape index (κ1) is 14.5. The minimum atomic E-state index is 0.565. The number of rotatable bonds is 6.